The third kappa shape index (κ3) is 2.00. The van der Waals surface area contributed by atoms with Crippen molar-refractivity contribution in [2.45, 2.75) is 17.0 Å². The second-order valence-electron chi connectivity index (χ2n) is 4.43. The van der Waals surface area contributed by atoms with Crippen LogP contribution in [0.5, 0.6) is 0 Å². The summed E-state index contributed by atoms with van der Waals surface area (Å²) in [5.41, 5.74) is 4.13. The van der Waals surface area contributed by atoms with E-state index >= 15 is 0 Å². The average Bonchev–Trinajstić information content (AvgIpc) is 2.86. The van der Waals surface area contributed by atoms with Crippen LogP contribution in [-0.4, -0.2) is 52.0 Å². The lowest BCUT2D eigenvalue weighted by atomic mass is 10.0. The van der Waals surface area contributed by atoms with Crippen molar-refractivity contribution in [2.24, 2.45) is 12.8 Å². The van der Waals surface area contributed by atoms with Gasteiger partial charge in [0, 0.05) is 26.3 Å². The number of carbonyl (C=O) groups is 1. The molecule has 0 aromatic carbocycles. The molecular formula is C9H14N4O4S. The SMILES string of the molecule is Cn1cnc(S(=O)(=O)N2CCC(N)(C(=O)O)C2)c1. The van der Waals surface area contributed by atoms with E-state index in [0.717, 1.165) is 4.31 Å². The molecular weight excluding hydrogens is 260 g/mol. The molecule has 0 radical (unpaired) electrons. The molecule has 1 aliphatic rings. The number of nitrogens with zero attached hydrogens (tertiary/aromatic N) is 3. The Labute approximate surface area is 104 Å². The first-order valence-corrected chi connectivity index (χ1v) is 6.70. The smallest absolute Gasteiger partial charge is 0.325 e. The first-order chi connectivity index (χ1) is 8.25. The Balaban J connectivity index is 2.27. The lowest BCUT2D eigenvalue weighted by molar-refractivity contribution is -0.142. The minimum atomic E-state index is -3.76. The van der Waals surface area contributed by atoms with Crippen molar-refractivity contribution >= 4 is 16.0 Å². The molecule has 3 N–H and O–H groups in total. The molecule has 1 fully saturated rings. The van der Waals surface area contributed by atoms with Gasteiger partial charge in [0.1, 0.15) is 5.54 Å². The van der Waals surface area contributed by atoms with Crippen LogP contribution in [0.4, 0.5) is 0 Å². The Bertz CT molecular complexity index is 581. The van der Waals surface area contributed by atoms with Crippen molar-refractivity contribution in [3.63, 3.8) is 0 Å². The number of carboxylic acid groups (broad SMARTS) is 1. The average molecular weight is 274 g/mol. The van der Waals surface area contributed by atoms with Gasteiger partial charge in [-0.3, -0.25) is 4.79 Å². The summed E-state index contributed by atoms with van der Waals surface area (Å²) in [6.45, 7) is -0.150. The summed E-state index contributed by atoms with van der Waals surface area (Å²) in [6.07, 6.45) is 2.83. The maximum Gasteiger partial charge on any atom is 0.325 e. The van der Waals surface area contributed by atoms with Gasteiger partial charge in [-0.2, -0.15) is 4.31 Å². The highest BCUT2D eigenvalue weighted by Gasteiger charge is 2.46. The molecule has 0 aliphatic carbocycles. The molecule has 1 unspecified atom stereocenters. The fourth-order valence-electron chi connectivity index (χ4n) is 1.83. The quantitative estimate of drug-likeness (QED) is 0.699. The highest BCUT2D eigenvalue weighted by Crippen LogP contribution is 2.25. The summed E-state index contributed by atoms with van der Waals surface area (Å²) in [7, 11) is -2.11. The maximum absolute atomic E-state index is 12.2. The second kappa shape index (κ2) is 4.04. The Hall–Kier alpha value is -1.45. The van der Waals surface area contributed by atoms with Gasteiger partial charge in [0.25, 0.3) is 10.0 Å². The topological polar surface area (TPSA) is 119 Å². The van der Waals surface area contributed by atoms with E-state index in [1.165, 1.54) is 17.1 Å². The van der Waals surface area contributed by atoms with Crippen molar-refractivity contribution in [3.8, 4) is 0 Å². The minimum Gasteiger partial charge on any atom is -0.480 e. The number of imidazole rings is 1. The van der Waals surface area contributed by atoms with Crippen LogP contribution in [0.1, 0.15) is 6.42 Å². The fourth-order valence-corrected chi connectivity index (χ4v) is 3.31. The molecule has 1 atom stereocenters. The number of rotatable bonds is 3. The van der Waals surface area contributed by atoms with E-state index in [2.05, 4.69) is 4.98 Å². The van der Waals surface area contributed by atoms with Crippen molar-refractivity contribution in [1.29, 1.82) is 0 Å². The van der Waals surface area contributed by atoms with Gasteiger partial charge in [-0.15, -0.1) is 0 Å². The van der Waals surface area contributed by atoms with Gasteiger partial charge in [-0.25, -0.2) is 13.4 Å². The Kier molecular flexibility index (Phi) is 2.92. The maximum atomic E-state index is 12.2. The van der Waals surface area contributed by atoms with Gasteiger partial charge < -0.3 is 15.4 Å². The second-order valence-corrected chi connectivity index (χ2v) is 6.31. The van der Waals surface area contributed by atoms with E-state index in [9.17, 15) is 13.2 Å². The molecule has 0 bridgehead atoms. The third-order valence-electron chi connectivity index (χ3n) is 2.98. The zero-order chi connectivity index (χ0) is 13.6. The molecule has 2 rings (SSSR count). The number of carboxylic acids is 1. The summed E-state index contributed by atoms with van der Waals surface area (Å²) in [6, 6.07) is 0. The third-order valence-corrected chi connectivity index (χ3v) is 4.71. The molecule has 8 nitrogen and oxygen atoms in total. The van der Waals surface area contributed by atoms with Crippen LogP contribution in [0, 0.1) is 0 Å². The first kappa shape index (κ1) is 13.0. The van der Waals surface area contributed by atoms with E-state index in [4.69, 9.17) is 10.8 Å². The van der Waals surface area contributed by atoms with E-state index in [1.54, 1.807) is 7.05 Å². The number of aryl methyl sites for hydroxylation is 1. The van der Waals surface area contributed by atoms with Gasteiger partial charge in [0.2, 0.25) is 0 Å². The molecule has 0 saturated carbocycles. The minimum absolute atomic E-state index is 0.0850. The molecule has 18 heavy (non-hydrogen) atoms. The van der Waals surface area contributed by atoms with Crippen molar-refractivity contribution in [3.05, 3.63) is 12.5 Å². The van der Waals surface area contributed by atoms with E-state index in [-0.39, 0.29) is 24.5 Å². The molecule has 1 aliphatic heterocycles. The summed E-state index contributed by atoms with van der Waals surface area (Å²) in [5, 5.41) is 8.87. The Morgan fingerprint density at radius 1 is 1.61 bits per heavy atom. The van der Waals surface area contributed by atoms with Crippen LogP contribution in [0.15, 0.2) is 17.6 Å². The molecule has 0 amide bonds. The van der Waals surface area contributed by atoms with Crippen molar-refractivity contribution < 1.29 is 18.3 Å². The first-order valence-electron chi connectivity index (χ1n) is 5.26. The lowest BCUT2D eigenvalue weighted by Crippen LogP contribution is -2.50. The number of hydrogen-bond donors (Lipinski definition) is 2. The van der Waals surface area contributed by atoms with Gasteiger partial charge in [-0.05, 0) is 6.42 Å². The molecule has 9 heteroatoms. The van der Waals surface area contributed by atoms with Gasteiger partial charge >= 0.3 is 5.97 Å². The van der Waals surface area contributed by atoms with Gasteiger partial charge in [0.05, 0.1) is 6.33 Å². The zero-order valence-electron chi connectivity index (χ0n) is 9.78. The van der Waals surface area contributed by atoms with Crippen LogP contribution in [0.2, 0.25) is 0 Å². The summed E-state index contributed by atoms with van der Waals surface area (Å²) < 4.78 is 26.9. The highest BCUT2D eigenvalue weighted by atomic mass is 32.2. The van der Waals surface area contributed by atoms with Crippen molar-refractivity contribution in [2.75, 3.05) is 13.1 Å². The molecule has 1 aromatic heterocycles. The van der Waals surface area contributed by atoms with Gasteiger partial charge in [-0.1, -0.05) is 0 Å². The van der Waals surface area contributed by atoms with E-state index < -0.39 is 21.5 Å². The summed E-state index contributed by atoms with van der Waals surface area (Å²) >= 11 is 0. The predicted molar refractivity (Wildman–Crippen MR) is 61.1 cm³/mol. The molecule has 2 heterocycles. The van der Waals surface area contributed by atoms with Crippen LogP contribution in [0.3, 0.4) is 0 Å². The summed E-state index contributed by atoms with van der Waals surface area (Å²) in [4.78, 5) is 14.7. The zero-order valence-corrected chi connectivity index (χ0v) is 10.6. The molecule has 0 spiro atoms. The molecule has 1 saturated heterocycles. The lowest BCUT2D eigenvalue weighted by Gasteiger charge is -2.19. The molecule has 1 aromatic rings. The molecule has 100 valence electrons. The fraction of sp³-hybridized carbons (Fsp3) is 0.556. The number of sulfonamides is 1. The predicted octanol–water partition coefficient (Wildman–Crippen LogP) is -1.40. The number of aromatic nitrogens is 2. The van der Waals surface area contributed by atoms with Crippen LogP contribution in [0.25, 0.3) is 0 Å². The standard InChI is InChI=1S/C9H14N4O4S/c1-12-4-7(11-6-12)18(16,17)13-3-2-9(10,5-13)8(14)15/h4,6H,2-3,5,10H2,1H3,(H,14,15). The van der Waals surface area contributed by atoms with Crippen molar-refractivity contribution in [1.82, 2.24) is 13.9 Å². The Morgan fingerprint density at radius 2 is 2.28 bits per heavy atom. The van der Waals surface area contributed by atoms with Gasteiger partial charge in [0.15, 0.2) is 5.03 Å². The number of hydrogen-bond acceptors (Lipinski definition) is 5. The van der Waals surface area contributed by atoms with E-state index in [1.807, 2.05) is 0 Å². The Morgan fingerprint density at radius 3 is 2.72 bits per heavy atom. The monoisotopic (exact) mass is 274 g/mol. The highest BCUT2D eigenvalue weighted by molar-refractivity contribution is 7.89. The van der Waals surface area contributed by atoms with Crippen LogP contribution < -0.4 is 5.73 Å². The van der Waals surface area contributed by atoms with Crippen LogP contribution >= 0.6 is 0 Å². The number of aliphatic carboxylic acids is 1. The summed E-state index contributed by atoms with van der Waals surface area (Å²) in [5.74, 6) is -1.19. The normalized spacial score (nSPS) is 25.4. The van der Waals surface area contributed by atoms with Crippen LogP contribution in [-0.2, 0) is 21.9 Å². The number of nitrogens with two attached hydrogens (primary N) is 1. The largest absolute Gasteiger partial charge is 0.480 e. The van der Waals surface area contributed by atoms with E-state index in [0.29, 0.717) is 0 Å².